The van der Waals surface area contributed by atoms with Gasteiger partial charge in [0, 0.05) is 45.4 Å². The molecule has 0 aliphatic carbocycles. The number of anilines is 1. The molecule has 1 amide bonds. The zero-order chi connectivity index (χ0) is 11.5. The minimum Gasteiger partial charge on any atom is -0.353 e. The number of carbonyl (C=O) groups is 1. The number of carbonyl (C=O) groups excluding carboxylic acids is 1. The molecule has 1 unspecified atom stereocenters. The Bertz CT molecular complexity index is 374. The van der Waals surface area contributed by atoms with Crippen molar-refractivity contribution in [1.82, 2.24) is 15.1 Å². The summed E-state index contributed by atoms with van der Waals surface area (Å²) in [5.74, 6) is 1.05. The van der Waals surface area contributed by atoms with E-state index in [4.69, 9.17) is 0 Å². The molecule has 1 aliphatic rings. The topological polar surface area (TPSA) is 50.2 Å². The van der Waals surface area contributed by atoms with Crippen LogP contribution < -0.4 is 10.2 Å². The third-order valence-corrected chi connectivity index (χ3v) is 2.85. The van der Waals surface area contributed by atoms with Gasteiger partial charge in [0.25, 0.3) is 0 Å². The maximum atomic E-state index is 11.0. The Hall–Kier alpha value is -1.52. The SMILES string of the molecule is CC(=O)NC1CCCN(c2ccn(C)n2)C1. The number of piperidine rings is 1. The number of nitrogens with one attached hydrogen (secondary N) is 1. The Morgan fingerprint density at radius 2 is 2.44 bits per heavy atom. The third-order valence-electron chi connectivity index (χ3n) is 2.85. The molecular formula is C11H18N4O. The summed E-state index contributed by atoms with van der Waals surface area (Å²) in [5.41, 5.74) is 0. The molecule has 1 N–H and O–H groups in total. The normalized spacial score (nSPS) is 20.9. The third kappa shape index (κ3) is 2.53. The first-order chi connectivity index (χ1) is 7.65. The van der Waals surface area contributed by atoms with Crippen LogP contribution in [0.2, 0.25) is 0 Å². The second kappa shape index (κ2) is 4.55. The van der Waals surface area contributed by atoms with Crippen molar-refractivity contribution in [2.75, 3.05) is 18.0 Å². The van der Waals surface area contributed by atoms with E-state index in [0.717, 1.165) is 31.7 Å². The predicted molar refractivity (Wildman–Crippen MR) is 62.3 cm³/mol. The number of nitrogens with zero attached hydrogens (tertiary/aromatic N) is 3. The summed E-state index contributed by atoms with van der Waals surface area (Å²) in [7, 11) is 1.92. The van der Waals surface area contributed by atoms with Crippen LogP contribution in [0.4, 0.5) is 5.82 Å². The number of aryl methyl sites for hydroxylation is 1. The molecule has 2 rings (SSSR count). The fourth-order valence-electron chi connectivity index (χ4n) is 2.16. The van der Waals surface area contributed by atoms with E-state index in [1.807, 2.05) is 19.3 Å². The van der Waals surface area contributed by atoms with Crippen molar-refractivity contribution in [3.05, 3.63) is 12.3 Å². The van der Waals surface area contributed by atoms with E-state index in [1.54, 1.807) is 11.6 Å². The smallest absolute Gasteiger partial charge is 0.217 e. The zero-order valence-corrected chi connectivity index (χ0v) is 9.81. The van der Waals surface area contributed by atoms with Gasteiger partial charge >= 0.3 is 0 Å². The van der Waals surface area contributed by atoms with Crippen LogP contribution in [0.25, 0.3) is 0 Å². The Kier molecular flexibility index (Phi) is 3.12. The Morgan fingerprint density at radius 3 is 3.06 bits per heavy atom. The maximum absolute atomic E-state index is 11.0. The van der Waals surface area contributed by atoms with E-state index < -0.39 is 0 Å². The molecule has 1 aromatic heterocycles. The number of hydrogen-bond donors (Lipinski definition) is 1. The van der Waals surface area contributed by atoms with E-state index in [-0.39, 0.29) is 11.9 Å². The highest BCUT2D eigenvalue weighted by Crippen LogP contribution is 2.17. The second-order valence-corrected chi connectivity index (χ2v) is 4.33. The molecule has 0 aromatic carbocycles. The van der Waals surface area contributed by atoms with Crippen LogP contribution in [0.1, 0.15) is 19.8 Å². The van der Waals surface area contributed by atoms with E-state index in [2.05, 4.69) is 15.3 Å². The van der Waals surface area contributed by atoms with Gasteiger partial charge in [0.05, 0.1) is 0 Å². The highest BCUT2D eigenvalue weighted by molar-refractivity contribution is 5.73. The van der Waals surface area contributed by atoms with Crippen molar-refractivity contribution in [1.29, 1.82) is 0 Å². The second-order valence-electron chi connectivity index (χ2n) is 4.33. The lowest BCUT2D eigenvalue weighted by atomic mass is 10.1. The Balaban J connectivity index is 1.99. The van der Waals surface area contributed by atoms with Gasteiger partial charge in [0.15, 0.2) is 5.82 Å². The number of rotatable bonds is 2. The summed E-state index contributed by atoms with van der Waals surface area (Å²) >= 11 is 0. The summed E-state index contributed by atoms with van der Waals surface area (Å²) in [6.07, 6.45) is 4.10. The van der Waals surface area contributed by atoms with E-state index in [1.165, 1.54) is 0 Å². The van der Waals surface area contributed by atoms with Crippen molar-refractivity contribution in [3.8, 4) is 0 Å². The number of aromatic nitrogens is 2. The molecule has 0 bridgehead atoms. The number of hydrogen-bond acceptors (Lipinski definition) is 3. The lowest BCUT2D eigenvalue weighted by molar-refractivity contribution is -0.119. The minimum absolute atomic E-state index is 0.0490. The highest BCUT2D eigenvalue weighted by Gasteiger charge is 2.21. The average Bonchev–Trinajstić information content (AvgIpc) is 2.64. The van der Waals surface area contributed by atoms with E-state index in [9.17, 15) is 4.79 Å². The molecule has 5 heteroatoms. The summed E-state index contributed by atoms with van der Waals surface area (Å²) < 4.78 is 1.80. The summed E-state index contributed by atoms with van der Waals surface area (Å²) in [5, 5.41) is 7.35. The van der Waals surface area contributed by atoms with Crippen LogP contribution in [-0.2, 0) is 11.8 Å². The van der Waals surface area contributed by atoms with Crippen molar-refractivity contribution in [3.63, 3.8) is 0 Å². The van der Waals surface area contributed by atoms with Gasteiger partial charge in [-0.25, -0.2) is 0 Å². The molecule has 1 aliphatic heterocycles. The fourth-order valence-corrected chi connectivity index (χ4v) is 2.16. The molecule has 1 aromatic rings. The molecule has 88 valence electrons. The van der Waals surface area contributed by atoms with Crippen LogP contribution >= 0.6 is 0 Å². The van der Waals surface area contributed by atoms with Crippen LogP contribution in [0.3, 0.4) is 0 Å². The molecule has 16 heavy (non-hydrogen) atoms. The minimum atomic E-state index is 0.0490. The van der Waals surface area contributed by atoms with Crippen LogP contribution in [-0.4, -0.2) is 34.8 Å². The van der Waals surface area contributed by atoms with Crippen LogP contribution in [0, 0.1) is 0 Å². The van der Waals surface area contributed by atoms with Crippen LogP contribution in [0.15, 0.2) is 12.3 Å². The molecule has 5 nitrogen and oxygen atoms in total. The average molecular weight is 222 g/mol. The van der Waals surface area contributed by atoms with Crippen molar-refractivity contribution in [2.45, 2.75) is 25.8 Å². The molecule has 1 atom stereocenters. The first kappa shape index (κ1) is 11.0. The van der Waals surface area contributed by atoms with Gasteiger partial charge < -0.3 is 10.2 Å². The summed E-state index contributed by atoms with van der Waals surface area (Å²) in [6.45, 7) is 3.45. The van der Waals surface area contributed by atoms with Gasteiger partial charge in [-0.1, -0.05) is 0 Å². The maximum Gasteiger partial charge on any atom is 0.217 e. The Morgan fingerprint density at radius 1 is 1.62 bits per heavy atom. The highest BCUT2D eigenvalue weighted by atomic mass is 16.1. The standard InChI is InChI=1S/C11H18N4O/c1-9(16)12-10-4-3-6-15(8-10)11-5-7-14(2)13-11/h5,7,10H,3-4,6,8H2,1-2H3,(H,12,16). The lowest BCUT2D eigenvalue weighted by Gasteiger charge is -2.33. The summed E-state index contributed by atoms with van der Waals surface area (Å²) in [6, 6.07) is 2.27. The van der Waals surface area contributed by atoms with Gasteiger partial charge in [-0.2, -0.15) is 5.10 Å². The van der Waals surface area contributed by atoms with Gasteiger partial charge in [0.1, 0.15) is 0 Å². The van der Waals surface area contributed by atoms with Gasteiger partial charge in [-0.3, -0.25) is 9.48 Å². The summed E-state index contributed by atoms with van der Waals surface area (Å²) in [4.78, 5) is 13.2. The fraction of sp³-hybridized carbons (Fsp3) is 0.636. The van der Waals surface area contributed by atoms with Gasteiger partial charge in [-0.15, -0.1) is 0 Å². The number of amides is 1. The van der Waals surface area contributed by atoms with E-state index in [0.29, 0.717) is 0 Å². The molecule has 1 fully saturated rings. The van der Waals surface area contributed by atoms with Crippen LogP contribution in [0.5, 0.6) is 0 Å². The van der Waals surface area contributed by atoms with Crippen molar-refractivity contribution >= 4 is 11.7 Å². The first-order valence-electron chi connectivity index (χ1n) is 5.67. The molecule has 0 radical (unpaired) electrons. The quantitative estimate of drug-likeness (QED) is 0.794. The van der Waals surface area contributed by atoms with Gasteiger partial charge in [-0.05, 0) is 12.8 Å². The first-order valence-corrected chi connectivity index (χ1v) is 5.67. The van der Waals surface area contributed by atoms with Crippen molar-refractivity contribution in [2.24, 2.45) is 7.05 Å². The monoisotopic (exact) mass is 222 g/mol. The molecule has 0 spiro atoms. The zero-order valence-electron chi connectivity index (χ0n) is 9.81. The largest absolute Gasteiger partial charge is 0.353 e. The molecule has 2 heterocycles. The lowest BCUT2D eigenvalue weighted by Crippen LogP contribution is -2.47. The van der Waals surface area contributed by atoms with E-state index >= 15 is 0 Å². The molecule has 1 saturated heterocycles. The predicted octanol–water partition coefficient (Wildman–Crippen LogP) is 0.525. The van der Waals surface area contributed by atoms with Gasteiger partial charge in [0.2, 0.25) is 5.91 Å². The molecular weight excluding hydrogens is 204 g/mol. The van der Waals surface area contributed by atoms with Crippen molar-refractivity contribution < 1.29 is 4.79 Å². The Labute approximate surface area is 95.4 Å². The molecule has 0 saturated carbocycles.